The average Bonchev–Trinajstić information content (AvgIpc) is 2.31. The summed E-state index contributed by atoms with van der Waals surface area (Å²) in [6.45, 7) is 1.82. The number of aliphatic hydroxyl groups excluding tert-OH is 2. The van der Waals surface area contributed by atoms with Crippen LogP contribution >= 0.6 is 0 Å². The van der Waals surface area contributed by atoms with E-state index in [9.17, 15) is 10.2 Å². The highest BCUT2D eigenvalue weighted by Gasteiger charge is 2.37. The van der Waals surface area contributed by atoms with E-state index < -0.39 is 0 Å². The molecular weight excluding hydrogens is 142 g/mol. The topological polar surface area (TPSA) is 43.7 Å². The maximum absolute atomic E-state index is 9.54. The molecule has 2 aliphatic rings. The van der Waals surface area contributed by atoms with Crippen LogP contribution in [-0.2, 0) is 0 Å². The summed E-state index contributed by atoms with van der Waals surface area (Å²) in [4.78, 5) is 2.21. The summed E-state index contributed by atoms with van der Waals surface area (Å²) in [5.74, 6) is 0. The standard InChI is InChI=1S/C8H15NO2/c10-6-4-7-8(11)2-1-3-9(7)5-6/h6-8,10-11H,1-5H2/t6-,7-,8-/m1/s1. The molecule has 2 N–H and O–H groups in total. The number of aliphatic hydroxyl groups is 2. The molecular formula is C8H15NO2. The first-order valence-corrected chi connectivity index (χ1v) is 4.37. The molecule has 0 amide bonds. The maximum Gasteiger partial charge on any atom is 0.0696 e. The van der Waals surface area contributed by atoms with Gasteiger partial charge in [0.05, 0.1) is 12.2 Å². The zero-order valence-electron chi connectivity index (χ0n) is 6.61. The van der Waals surface area contributed by atoms with Crippen LogP contribution in [0.3, 0.4) is 0 Å². The second-order valence-electron chi connectivity index (χ2n) is 3.66. The van der Waals surface area contributed by atoms with Crippen molar-refractivity contribution >= 4 is 0 Å². The van der Waals surface area contributed by atoms with Gasteiger partial charge >= 0.3 is 0 Å². The molecule has 11 heavy (non-hydrogen) atoms. The number of piperidine rings is 1. The van der Waals surface area contributed by atoms with Gasteiger partial charge in [-0.3, -0.25) is 4.90 Å². The Morgan fingerprint density at radius 1 is 1.27 bits per heavy atom. The fourth-order valence-electron chi connectivity index (χ4n) is 2.26. The zero-order chi connectivity index (χ0) is 7.84. The van der Waals surface area contributed by atoms with Gasteiger partial charge in [-0.1, -0.05) is 0 Å². The normalized spacial score (nSPS) is 45.8. The van der Waals surface area contributed by atoms with Crippen LogP contribution in [0.2, 0.25) is 0 Å². The van der Waals surface area contributed by atoms with Crippen LogP contribution in [0.4, 0.5) is 0 Å². The Hall–Kier alpha value is -0.120. The van der Waals surface area contributed by atoms with E-state index in [1.165, 1.54) is 0 Å². The molecule has 0 spiro atoms. The third-order valence-corrected chi connectivity index (χ3v) is 2.82. The molecule has 2 saturated heterocycles. The molecule has 64 valence electrons. The highest BCUT2D eigenvalue weighted by Crippen LogP contribution is 2.26. The van der Waals surface area contributed by atoms with Gasteiger partial charge in [0.25, 0.3) is 0 Å². The smallest absolute Gasteiger partial charge is 0.0696 e. The van der Waals surface area contributed by atoms with Gasteiger partial charge in [-0.15, -0.1) is 0 Å². The summed E-state index contributed by atoms with van der Waals surface area (Å²) in [7, 11) is 0. The van der Waals surface area contributed by atoms with Crippen molar-refractivity contribution in [2.24, 2.45) is 0 Å². The lowest BCUT2D eigenvalue weighted by Crippen LogP contribution is -2.43. The van der Waals surface area contributed by atoms with E-state index in [0.717, 1.165) is 32.4 Å². The molecule has 0 unspecified atom stereocenters. The molecule has 0 aromatic carbocycles. The molecule has 0 aliphatic carbocycles. The highest BCUT2D eigenvalue weighted by atomic mass is 16.3. The Morgan fingerprint density at radius 2 is 2.09 bits per heavy atom. The summed E-state index contributed by atoms with van der Waals surface area (Å²) < 4.78 is 0. The third-order valence-electron chi connectivity index (χ3n) is 2.82. The first-order valence-electron chi connectivity index (χ1n) is 4.37. The second-order valence-corrected chi connectivity index (χ2v) is 3.66. The Bertz CT molecular complexity index is 151. The lowest BCUT2D eigenvalue weighted by atomic mass is 9.99. The number of hydrogen-bond donors (Lipinski definition) is 2. The van der Waals surface area contributed by atoms with Gasteiger partial charge in [0.1, 0.15) is 0 Å². The number of hydrogen-bond acceptors (Lipinski definition) is 3. The van der Waals surface area contributed by atoms with Gasteiger partial charge in [-0.05, 0) is 25.8 Å². The van der Waals surface area contributed by atoms with E-state index in [1.807, 2.05) is 0 Å². The molecule has 2 aliphatic heterocycles. The zero-order valence-corrected chi connectivity index (χ0v) is 6.61. The first kappa shape index (κ1) is 7.53. The Kier molecular flexibility index (Phi) is 1.87. The van der Waals surface area contributed by atoms with E-state index in [1.54, 1.807) is 0 Å². The van der Waals surface area contributed by atoms with E-state index in [-0.39, 0.29) is 18.2 Å². The second kappa shape index (κ2) is 2.73. The van der Waals surface area contributed by atoms with Crippen molar-refractivity contribution in [3.63, 3.8) is 0 Å². The molecule has 2 heterocycles. The minimum absolute atomic E-state index is 0.194. The largest absolute Gasteiger partial charge is 0.392 e. The third kappa shape index (κ3) is 1.28. The minimum Gasteiger partial charge on any atom is -0.392 e. The number of rotatable bonds is 0. The lowest BCUT2D eigenvalue weighted by molar-refractivity contribution is 0.0344. The van der Waals surface area contributed by atoms with Gasteiger partial charge in [-0.2, -0.15) is 0 Å². The fourth-order valence-corrected chi connectivity index (χ4v) is 2.26. The van der Waals surface area contributed by atoms with Crippen LogP contribution in [0, 0.1) is 0 Å². The van der Waals surface area contributed by atoms with Crippen molar-refractivity contribution in [2.75, 3.05) is 13.1 Å². The molecule has 0 aromatic rings. The first-order chi connectivity index (χ1) is 5.27. The van der Waals surface area contributed by atoms with Crippen molar-refractivity contribution in [2.45, 2.75) is 37.5 Å². The summed E-state index contributed by atoms with van der Waals surface area (Å²) in [5.41, 5.74) is 0. The number of nitrogens with zero attached hydrogens (tertiary/aromatic N) is 1. The molecule has 0 bridgehead atoms. The molecule has 3 heteroatoms. The van der Waals surface area contributed by atoms with Crippen LogP contribution in [-0.4, -0.2) is 46.5 Å². The highest BCUT2D eigenvalue weighted by molar-refractivity contribution is 4.92. The van der Waals surface area contributed by atoms with Gasteiger partial charge in [0.15, 0.2) is 0 Å². The van der Waals surface area contributed by atoms with Gasteiger partial charge < -0.3 is 10.2 Å². The van der Waals surface area contributed by atoms with Crippen molar-refractivity contribution in [1.29, 1.82) is 0 Å². The molecule has 3 nitrogen and oxygen atoms in total. The number of fused-ring (bicyclic) bond motifs is 1. The maximum atomic E-state index is 9.54. The molecule has 2 fully saturated rings. The minimum atomic E-state index is -0.201. The van der Waals surface area contributed by atoms with Gasteiger partial charge in [0, 0.05) is 12.6 Å². The quantitative estimate of drug-likeness (QED) is 0.502. The lowest BCUT2D eigenvalue weighted by Gasteiger charge is -2.33. The van der Waals surface area contributed by atoms with Crippen LogP contribution in [0.15, 0.2) is 0 Å². The summed E-state index contributed by atoms with van der Waals surface area (Å²) in [6.07, 6.45) is 2.35. The van der Waals surface area contributed by atoms with E-state index in [0.29, 0.717) is 0 Å². The Balaban J connectivity index is 2.03. The molecule has 0 aromatic heterocycles. The predicted molar refractivity (Wildman–Crippen MR) is 41.2 cm³/mol. The van der Waals surface area contributed by atoms with E-state index in [4.69, 9.17) is 0 Å². The van der Waals surface area contributed by atoms with Crippen LogP contribution in [0.25, 0.3) is 0 Å². The molecule has 3 atom stereocenters. The van der Waals surface area contributed by atoms with Crippen molar-refractivity contribution < 1.29 is 10.2 Å². The summed E-state index contributed by atoms with van der Waals surface area (Å²) in [5, 5.41) is 18.9. The van der Waals surface area contributed by atoms with Crippen molar-refractivity contribution in [3.05, 3.63) is 0 Å². The summed E-state index contributed by atoms with van der Waals surface area (Å²) >= 11 is 0. The van der Waals surface area contributed by atoms with Gasteiger partial charge in [-0.25, -0.2) is 0 Å². The predicted octanol–water partition coefficient (Wildman–Crippen LogP) is -0.424. The van der Waals surface area contributed by atoms with Crippen LogP contribution in [0.5, 0.6) is 0 Å². The summed E-state index contributed by atoms with van der Waals surface area (Å²) in [6, 6.07) is 0.249. The van der Waals surface area contributed by atoms with Crippen molar-refractivity contribution in [3.8, 4) is 0 Å². The Morgan fingerprint density at radius 3 is 2.82 bits per heavy atom. The van der Waals surface area contributed by atoms with Gasteiger partial charge in [0.2, 0.25) is 0 Å². The molecule has 2 rings (SSSR count). The van der Waals surface area contributed by atoms with E-state index >= 15 is 0 Å². The van der Waals surface area contributed by atoms with Crippen molar-refractivity contribution in [1.82, 2.24) is 4.90 Å². The monoisotopic (exact) mass is 157 g/mol. The Labute approximate surface area is 66.6 Å². The molecule has 0 radical (unpaired) electrons. The molecule has 0 saturated carbocycles. The van der Waals surface area contributed by atoms with Crippen LogP contribution < -0.4 is 0 Å². The van der Waals surface area contributed by atoms with Crippen LogP contribution in [0.1, 0.15) is 19.3 Å². The van der Waals surface area contributed by atoms with E-state index in [2.05, 4.69) is 4.90 Å². The average molecular weight is 157 g/mol. The fraction of sp³-hybridized carbons (Fsp3) is 1.00. The SMILES string of the molecule is O[C@@H]1C[C@@H]2[C@H](O)CCCN2C1.